The largest absolute Gasteiger partial charge is 0.389 e. The van der Waals surface area contributed by atoms with Crippen molar-refractivity contribution in [1.82, 2.24) is 9.80 Å². The van der Waals surface area contributed by atoms with Gasteiger partial charge in [0, 0.05) is 32.2 Å². The summed E-state index contributed by atoms with van der Waals surface area (Å²) in [6.07, 6.45) is 5.75. The molecular formula is C14H28N2O. The Bertz CT molecular complexity index is 238. The summed E-state index contributed by atoms with van der Waals surface area (Å²) in [7, 11) is 0. The molecule has 2 rings (SSSR count). The van der Waals surface area contributed by atoms with E-state index in [1.165, 1.54) is 19.3 Å². The molecule has 100 valence electrons. The third kappa shape index (κ3) is 3.43. The standard InChI is InChI=1S/C14H28N2O/c1-3-16-10-9-15(11-13(16)2)12-14(17)7-5-4-6-8-14/h13,17H,3-12H2,1-2H3. The highest BCUT2D eigenvalue weighted by atomic mass is 16.3. The van der Waals surface area contributed by atoms with E-state index >= 15 is 0 Å². The van der Waals surface area contributed by atoms with E-state index in [2.05, 4.69) is 23.6 Å². The van der Waals surface area contributed by atoms with Gasteiger partial charge in [-0.2, -0.15) is 0 Å². The highest BCUT2D eigenvalue weighted by Crippen LogP contribution is 2.29. The number of rotatable bonds is 3. The molecule has 1 unspecified atom stereocenters. The van der Waals surface area contributed by atoms with Gasteiger partial charge < -0.3 is 5.11 Å². The van der Waals surface area contributed by atoms with Gasteiger partial charge in [-0.05, 0) is 26.3 Å². The molecule has 0 bridgehead atoms. The molecule has 0 spiro atoms. The first-order valence-corrected chi connectivity index (χ1v) is 7.32. The number of hydrogen-bond acceptors (Lipinski definition) is 3. The van der Waals surface area contributed by atoms with Crippen LogP contribution >= 0.6 is 0 Å². The Labute approximate surface area is 106 Å². The summed E-state index contributed by atoms with van der Waals surface area (Å²) in [4.78, 5) is 5.00. The lowest BCUT2D eigenvalue weighted by Gasteiger charge is -2.43. The van der Waals surface area contributed by atoms with Gasteiger partial charge in [-0.3, -0.25) is 9.80 Å². The lowest BCUT2D eigenvalue weighted by atomic mass is 9.84. The first-order chi connectivity index (χ1) is 8.13. The average molecular weight is 240 g/mol. The van der Waals surface area contributed by atoms with Crippen LogP contribution < -0.4 is 0 Å². The van der Waals surface area contributed by atoms with E-state index in [1.54, 1.807) is 0 Å². The van der Waals surface area contributed by atoms with Crippen LogP contribution in [0.1, 0.15) is 46.0 Å². The molecule has 2 aliphatic rings. The summed E-state index contributed by atoms with van der Waals surface area (Å²) in [5.74, 6) is 0. The van der Waals surface area contributed by atoms with Crippen LogP contribution in [0.5, 0.6) is 0 Å². The molecule has 1 N–H and O–H groups in total. The zero-order valence-corrected chi connectivity index (χ0v) is 11.5. The van der Waals surface area contributed by atoms with Gasteiger partial charge in [0.05, 0.1) is 5.60 Å². The molecule has 1 aliphatic heterocycles. The number of piperazine rings is 1. The van der Waals surface area contributed by atoms with Crippen LogP contribution in [0, 0.1) is 0 Å². The molecule has 2 fully saturated rings. The number of likely N-dealkylation sites (N-methyl/N-ethyl adjacent to an activating group) is 1. The van der Waals surface area contributed by atoms with Crippen LogP contribution in [0.2, 0.25) is 0 Å². The number of nitrogens with zero attached hydrogens (tertiary/aromatic N) is 2. The third-order valence-electron chi connectivity index (χ3n) is 4.56. The van der Waals surface area contributed by atoms with Crippen LogP contribution in [0.25, 0.3) is 0 Å². The molecule has 0 aromatic carbocycles. The van der Waals surface area contributed by atoms with Crippen LogP contribution in [0.4, 0.5) is 0 Å². The highest BCUT2D eigenvalue weighted by Gasteiger charge is 2.33. The summed E-state index contributed by atoms with van der Waals surface area (Å²) in [6.45, 7) is 10.00. The predicted octanol–water partition coefficient (Wildman–Crippen LogP) is 1.71. The second-order valence-electron chi connectivity index (χ2n) is 6.00. The molecule has 1 saturated heterocycles. The summed E-state index contributed by atoms with van der Waals surface area (Å²) < 4.78 is 0. The zero-order valence-electron chi connectivity index (χ0n) is 11.5. The van der Waals surface area contributed by atoms with Crippen molar-refractivity contribution in [2.24, 2.45) is 0 Å². The van der Waals surface area contributed by atoms with E-state index in [9.17, 15) is 5.11 Å². The van der Waals surface area contributed by atoms with E-state index in [-0.39, 0.29) is 5.60 Å². The highest BCUT2D eigenvalue weighted by molar-refractivity contribution is 4.88. The van der Waals surface area contributed by atoms with Crippen LogP contribution in [-0.4, -0.2) is 59.3 Å². The van der Waals surface area contributed by atoms with Gasteiger partial charge >= 0.3 is 0 Å². The molecule has 0 aromatic rings. The monoisotopic (exact) mass is 240 g/mol. The van der Waals surface area contributed by atoms with Gasteiger partial charge in [0.2, 0.25) is 0 Å². The third-order valence-corrected chi connectivity index (χ3v) is 4.56. The summed E-state index contributed by atoms with van der Waals surface area (Å²) >= 11 is 0. The molecule has 1 saturated carbocycles. The van der Waals surface area contributed by atoms with Crippen molar-refractivity contribution in [3.63, 3.8) is 0 Å². The van der Waals surface area contributed by atoms with Crippen LogP contribution in [-0.2, 0) is 0 Å². The topological polar surface area (TPSA) is 26.7 Å². The molecule has 3 nitrogen and oxygen atoms in total. The Hall–Kier alpha value is -0.120. The normalized spacial score (nSPS) is 31.6. The van der Waals surface area contributed by atoms with Crippen molar-refractivity contribution in [2.45, 2.75) is 57.6 Å². The van der Waals surface area contributed by atoms with Gasteiger partial charge in [0.15, 0.2) is 0 Å². The van der Waals surface area contributed by atoms with Crippen molar-refractivity contribution in [2.75, 3.05) is 32.7 Å². The number of aliphatic hydroxyl groups is 1. The molecule has 0 radical (unpaired) electrons. The van der Waals surface area contributed by atoms with E-state index in [4.69, 9.17) is 0 Å². The Morgan fingerprint density at radius 2 is 1.88 bits per heavy atom. The fraction of sp³-hybridized carbons (Fsp3) is 1.00. The molecule has 1 atom stereocenters. The van der Waals surface area contributed by atoms with Gasteiger partial charge in [0.1, 0.15) is 0 Å². The minimum Gasteiger partial charge on any atom is -0.389 e. The lowest BCUT2D eigenvalue weighted by Crippen LogP contribution is -2.55. The smallest absolute Gasteiger partial charge is 0.0774 e. The second-order valence-corrected chi connectivity index (χ2v) is 6.00. The van der Waals surface area contributed by atoms with E-state index < -0.39 is 0 Å². The van der Waals surface area contributed by atoms with Gasteiger partial charge in [-0.25, -0.2) is 0 Å². The molecule has 0 aromatic heterocycles. The fourth-order valence-electron chi connectivity index (χ4n) is 3.47. The molecular weight excluding hydrogens is 212 g/mol. The Balaban J connectivity index is 1.83. The van der Waals surface area contributed by atoms with E-state index in [0.29, 0.717) is 6.04 Å². The maximum atomic E-state index is 10.6. The van der Waals surface area contributed by atoms with Crippen molar-refractivity contribution in [3.8, 4) is 0 Å². The van der Waals surface area contributed by atoms with Crippen molar-refractivity contribution >= 4 is 0 Å². The van der Waals surface area contributed by atoms with Gasteiger partial charge in [-0.1, -0.05) is 26.2 Å². The molecule has 17 heavy (non-hydrogen) atoms. The molecule has 1 aliphatic carbocycles. The minimum atomic E-state index is -0.383. The number of hydrogen-bond donors (Lipinski definition) is 1. The Morgan fingerprint density at radius 3 is 2.47 bits per heavy atom. The maximum Gasteiger partial charge on any atom is 0.0774 e. The lowest BCUT2D eigenvalue weighted by molar-refractivity contribution is -0.0417. The summed E-state index contributed by atoms with van der Waals surface area (Å²) in [5.41, 5.74) is -0.383. The van der Waals surface area contributed by atoms with Gasteiger partial charge in [0.25, 0.3) is 0 Å². The quantitative estimate of drug-likeness (QED) is 0.813. The van der Waals surface area contributed by atoms with E-state index in [1.807, 2.05) is 0 Å². The Morgan fingerprint density at radius 1 is 1.18 bits per heavy atom. The zero-order chi connectivity index (χ0) is 12.3. The fourth-order valence-corrected chi connectivity index (χ4v) is 3.47. The molecule has 1 heterocycles. The first kappa shape index (κ1) is 13.3. The summed E-state index contributed by atoms with van der Waals surface area (Å²) in [6, 6.07) is 0.640. The Kier molecular flexibility index (Phi) is 4.45. The summed E-state index contributed by atoms with van der Waals surface area (Å²) in [5, 5.41) is 10.6. The average Bonchev–Trinajstić information content (AvgIpc) is 2.29. The van der Waals surface area contributed by atoms with Crippen molar-refractivity contribution in [3.05, 3.63) is 0 Å². The van der Waals surface area contributed by atoms with Crippen molar-refractivity contribution < 1.29 is 5.11 Å². The van der Waals surface area contributed by atoms with E-state index in [0.717, 1.165) is 45.6 Å². The van der Waals surface area contributed by atoms with Gasteiger partial charge in [-0.15, -0.1) is 0 Å². The minimum absolute atomic E-state index is 0.383. The number of β-amino-alcohol motifs (C(OH)–C–C–N with tert-alkyl or cyclic N) is 1. The maximum absolute atomic E-state index is 10.6. The van der Waals surface area contributed by atoms with Crippen molar-refractivity contribution in [1.29, 1.82) is 0 Å². The first-order valence-electron chi connectivity index (χ1n) is 7.32. The van der Waals surface area contributed by atoms with Crippen LogP contribution in [0.15, 0.2) is 0 Å². The molecule has 3 heteroatoms. The SMILES string of the molecule is CCN1CCN(CC2(O)CCCCC2)CC1C. The molecule has 0 amide bonds. The predicted molar refractivity (Wildman–Crippen MR) is 71.2 cm³/mol. The van der Waals surface area contributed by atoms with Crippen LogP contribution in [0.3, 0.4) is 0 Å². The second kappa shape index (κ2) is 5.68.